The molecule has 3 aliphatic heterocycles. The molecular formula is C24H29N5O3. The molecule has 2 saturated heterocycles. The topological polar surface area (TPSA) is 71.0 Å². The van der Waals surface area contributed by atoms with Crippen LogP contribution in [0.1, 0.15) is 25.3 Å². The van der Waals surface area contributed by atoms with Crippen molar-refractivity contribution in [3.05, 3.63) is 42.0 Å². The highest BCUT2D eigenvalue weighted by Gasteiger charge is 2.22. The Bertz CT molecular complexity index is 978. The molecule has 3 aliphatic rings. The third kappa shape index (κ3) is 4.49. The zero-order valence-electron chi connectivity index (χ0n) is 18.4. The van der Waals surface area contributed by atoms with Crippen LogP contribution in [0.3, 0.4) is 0 Å². The summed E-state index contributed by atoms with van der Waals surface area (Å²) in [6, 6.07) is 9.80. The van der Waals surface area contributed by atoms with Crippen LogP contribution in [0.4, 0.5) is 11.6 Å². The summed E-state index contributed by atoms with van der Waals surface area (Å²) in [5.41, 5.74) is 0.916. The maximum atomic E-state index is 12.6. The van der Waals surface area contributed by atoms with Crippen LogP contribution in [0.2, 0.25) is 0 Å². The smallest absolute Gasteiger partial charge is 0.246 e. The Labute approximate surface area is 188 Å². The highest BCUT2D eigenvalue weighted by atomic mass is 16.7. The van der Waals surface area contributed by atoms with E-state index in [1.807, 2.05) is 29.2 Å². The van der Waals surface area contributed by atoms with Gasteiger partial charge >= 0.3 is 0 Å². The second kappa shape index (κ2) is 9.06. The van der Waals surface area contributed by atoms with E-state index in [9.17, 15) is 4.79 Å². The van der Waals surface area contributed by atoms with E-state index in [-0.39, 0.29) is 12.7 Å². The minimum atomic E-state index is 0.0167. The number of ether oxygens (including phenoxy) is 2. The zero-order chi connectivity index (χ0) is 21.9. The molecule has 8 heteroatoms. The number of hydrogen-bond donors (Lipinski definition) is 0. The van der Waals surface area contributed by atoms with Gasteiger partial charge in [-0.25, -0.2) is 0 Å². The lowest BCUT2D eigenvalue weighted by atomic mass is 9.99. The molecule has 4 heterocycles. The van der Waals surface area contributed by atoms with E-state index in [1.165, 1.54) is 12.8 Å². The summed E-state index contributed by atoms with van der Waals surface area (Å²) < 4.78 is 10.7. The normalized spacial score (nSPS) is 19.1. The zero-order valence-corrected chi connectivity index (χ0v) is 18.4. The number of hydrogen-bond acceptors (Lipinski definition) is 7. The van der Waals surface area contributed by atoms with Crippen molar-refractivity contribution in [2.75, 3.05) is 55.9 Å². The molecule has 5 rings (SSSR count). The van der Waals surface area contributed by atoms with Gasteiger partial charge in [0.15, 0.2) is 23.1 Å². The van der Waals surface area contributed by atoms with Crippen molar-refractivity contribution in [2.45, 2.75) is 19.8 Å². The van der Waals surface area contributed by atoms with Crippen LogP contribution in [0.5, 0.6) is 11.5 Å². The van der Waals surface area contributed by atoms with E-state index >= 15 is 0 Å². The second-order valence-corrected chi connectivity index (χ2v) is 8.68. The molecule has 2 fully saturated rings. The van der Waals surface area contributed by atoms with Crippen LogP contribution in [-0.4, -0.2) is 67.1 Å². The van der Waals surface area contributed by atoms with Gasteiger partial charge in [-0.3, -0.25) is 4.79 Å². The Balaban J connectivity index is 1.13. The summed E-state index contributed by atoms with van der Waals surface area (Å²) >= 11 is 0. The Morgan fingerprint density at radius 2 is 1.56 bits per heavy atom. The summed E-state index contributed by atoms with van der Waals surface area (Å²) in [4.78, 5) is 19.0. The molecule has 2 aromatic rings. The first-order valence-corrected chi connectivity index (χ1v) is 11.4. The van der Waals surface area contributed by atoms with Gasteiger partial charge < -0.3 is 24.2 Å². The Morgan fingerprint density at radius 3 is 2.25 bits per heavy atom. The molecule has 0 N–H and O–H groups in total. The standard InChI is InChI=1S/C24H29N5O3/c1-18-8-10-27(11-9-18)22-5-6-23(26-25-22)28-12-14-29(15-13-28)24(30)7-3-19-2-4-20-21(16-19)32-17-31-20/h2-7,16,18H,8-15,17H2,1H3/b7-3+. The molecule has 0 saturated carbocycles. The monoisotopic (exact) mass is 435 g/mol. The van der Waals surface area contributed by atoms with Gasteiger partial charge in [0.25, 0.3) is 0 Å². The Kier molecular flexibility index (Phi) is 5.83. The third-order valence-electron chi connectivity index (χ3n) is 6.47. The molecule has 0 spiro atoms. The second-order valence-electron chi connectivity index (χ2n) is 8.68. The number of carbonyl (C=O) groups excluding carboxylic acids is 1. The fourth-order valence-electron chi connectivity index (χ4n) is 4.34. The molecule has 1 aromatic carbocycles. The SMILES string of the molecule is CC1CCN(c2ccc(N3CCN(C(=O)/C=C/c4ccc5c(c4)OCO5)CC3)nn2)CC1. The number of nitrogens with zero attached hydrogens (tertiary/aromatic N) is 5. The van der Waals surface area contributed by atoms with Crippen molar-refractivity contribution < 1.29 is 14.3 Å². The van der Waals surface area contributed by atoms with Gasteiger partial charge in [0.2, 0.25) is 12.7 Å². The fourth-order valence-corrected chi connectivity index (χ4v) is 4.34. The third-order valence-corrected chi connectivity index (χ3v) is 6.47. The number of amides is 1. The van der Waals surface area contributed by atoms with E-state index in [2.05, 4.69) is 39.1 Å². The number of benzene rings is 1. The van der Waals surface area contributed by atoms with Gasteiger partial charge in [-0.1, -0.05) is 13.0 Å². The molecule has 0 unspecified atom stereocenters. The fraction of sp³-hybridized carbons (Fsp3) is 0.458. The number of anilines is 2. The van der Waals surface area contributed by atoms with Crippen LogP contribution in [0.25, 0.3) is 6.08 Å². The molecule has 1 amide bonds. The van der Waals surface area contributed by atoms with Crippen molar-refractivity contribution in [3.63, 3.8) is 0 Å². The molecule has 0 atom stereocenters. The van der Waals surface area contributed by atoms with Gasteiger partial charge in [-0.15, -0.1) is 10.2 Å². The van der Waals surface area contributed by atoms with E-state index in [0.29, 0.717) is 13.1 Å². The summed E-state index contributed by atoms with van der Waals surface area (Å²) in [5.74, 6) is 4.11. The molecule has 8 nitrogen and oxygen atoms in total. The van der Waals surface area contributed by atoms with Crippen molar-refractivity contribution in [1.29, 1.82) is 0 Å². The van der Waals surface area contributed by atoms with Crippen LogP contribution in [0, 0.1) is 5.92 Å². The minimum Gasteiger partial charge on any atom is -0.454 e. The average molecular weight is 436 g/mol. The van der Waals surface area contributed by atoms with Crippen LogP contribution in [0.15, 0.2) is 36.4 Å². The van der Waals surface area contributed by atoms with E-state index < -0.39 is 0 Å². The summed E-state index contributed by atoms with van der Waals surface area (Å²) in [5, 5.41) is 8.93. The predicted octanol–water partition coefficient (Wildman–Crippen LogP) is 2.80. The van der Waals surface area contributed by atoms with Gasteiger partial charge in [-0.05, 0) is 54.7 Å². The molecule has 0 aliphatic carbocycles. The summed E-state index contributed by atoms with van der Waals surface area (Å²) in [7, 11) is 0. The maximum absolute atomic E-state index is 12.6. The first kappa shape index (κ1) is 20.6. The first-order valence-electron chi connectivity index (χ1n) is 11.4. The Morgan fingerprint density at radius 1 is 0.906 bits per heavy atom. The molecule has 0 bridgehead atoms. The number of piperidine rings is 1. The van der Waals surface area contributed by atoms with Crippen molar-refractivity contribution >= 4 is 23.6 Å². The summed E-state index contributed by atoms with van der Waals surface area (Å²) in [6.07, 6.45) is 5.87. The lowest BCUT2D eigenvalue weighted by Gasteiger charge is -2.35. The quantitative estimate of drug-likeness (QED) is 0.684. The van der Waals surface area contributed by atoms with E-state index in [1.54, 1.807) is 6.08 Å². The maximum Gasteiger partial charge on any atom is 0.246 e. The highest BCUT2D eigenvalue weighted by molar-refractivity contribution is 5.92. The van der Waals surface area contributed by atoms with Crippen LogP contribution < -0.4 is 19.3 Å². The largest absolute Gasteiger partial charge is 0.454 e. The van der Waals surface area contributed by atoms with Gasteiger partial charge in [-0.2, -0.15) is 0 Å². The van der Waals surface area contributed by atoms with Crippen molar-refractivity contribution in [3.8, 4) is 11.5 Å². The lowest BCUT2D eigenvalue weighted by Crippen LogP contribution is -2.48. The number of carbonyl (C=O) groups is 1. The van der Waals surface area contributed by atoms with Gasteiger partial charge in [0, 0.05) is 45.3 Å². The number of rotatable bonds is 4. The molecule has 168 valence electrons. The van der Waals surface area contributed by atoms with Crippen molar-refractivity contribution in [2.24, 2.45) is 5.92 Å². The Hall–Kier alpha value is -3.29. The highest BCUT2D eigenvalue weighted by Crippen LogP contribution is 2.32. The average Bonchev–Trinajstić information content (AvgIpc) is 3.31. The van der Waals surface area contributed by atoms with E-state index in [4.69, 9.17) is 9.47 Å². The molecular weight excluding hydrogens is 406 g/mol. The number of fused-ring (bicyclic) bond motifs is 1. The first-order chi connectivity index (χ1) is 15.7. The summed E-state index contributed by atoms with van der Waals surface area (Å²) in [6.45, 7) is 7.48. The number of aromatic nitrogens is 2. The van der Waals surface area contributed by atoms with Crippen molar-refractivity contribution in [1.82, 2.24) is 15.1 Å². The predicted molar refractivity (Wildman–Crippen MR) is 123 cm³/mol. The van der Waals surface area contributed by atoms with Gasteiger partial charge in [0.05, 0.1) is 0 Å². The van der Waals surface area contributed by atoms with Gasteiger partial charge in [0.1, 0.15) is 0 Å². The molecule has 32 heavy (non-hydrogen) atoms. The minimum absolute atomic E-state index is 0.0167. The molecule has 1 aromatic heterocycles. The van der Waals surface area contributed by atoms with Crippen LogP contribution in [-0.2, 0) is 4.79 Å². The lowest BCUT2D eigenvalue weighted by molar-refractivity contribution is -0.126. The number of piperazine rings is 1. The van der Waals surface area contributed by atoms with Crippen LogP contribution >= 0.6 is 0 Å². The molecule has 0 radical (unpaired) electrons. The van der Waals surface area contributed by atoms with E-state index in [0.717, 1.165) is 60.8 Å².